The predicted molar refractivity (Wildman–Crippen MR) is 134 cm³/mol. The molecule has 0 bridgehead atoms. The number of aromatic nitrogens is 1. The summed E-state index contributed by atoms with van der Waals surface area (Å²) in [6, 6.07) is 25.5. The van der Waals surface area contributed by atoms with Gasteiger partial charge in [0, 0.05) is 29.7 Å². The Morgan fingerprint density at radius 2 is 1.56 bits per heavy atom. The lowest BCUT2D eigenvalue weighted by Gasteiger charge is -2.26. The average Bonchev–Trinajstić information content (AvgIpc) is 2.89. The van der Waals surface area contributed by atoms with E-state index in [-0.39, 0.29) is 10.8 Å². The Labute approximate surface area is 199 Å². The number of para-hydroxylation sites is 1. The van der Waals surface area contributed by atoms with E-state index in [1.54, 1.807) is 24.3 Å². The molecule has 1 saturated heterocycles. The molecule has 1 amide bonds. The first kappa shape index (κ1) is 22.3. The summed E-state index contributed by atoms with van der Waals surface area (Å²) < 4.78 is 27.7. The summed E-state index contributed by atoms with van der Waals surface area (Å²) in [5.41, 5.74) is 3.25. The predicted octanol–water partition coefficient (Wildman–Crippen LogP) is 5.33. The van der Waals surface area contributed by atoms with E-state index in [4.69, 9.17) is 4.98 Å². The molecule has 6 nitrogen and oxygen atoms in total. The van der Waals surface area contributed by atoms with Crippen LogP contribution < -0.4 is 5.32 Å². The minimum atomic E-state index is -3.59. The van der Waals surface area contributed by atoms with Crippen molar-refractivity contribution in [2.24, 2.45) is 0 Å². The van der Waals surface area contributed by atoms with E-state index in [1.165, 1.54) is 10.4 Å². The lowest BCUT2D eigenvalue weighted by Crippen LogP contribution is -2.35. The van der Waals surface area contributed by atoms with Gasteiger partial charge in [-0.05, 0) is 43.2 Å². The second-order valence-corrected chi connectivity index (χ2v) is 10.3. The Morgan fingerprint density at radius 3 is 2.35 bits per heavy atom. The summed E-state index contributed by atoms with van der Waals surface area (Å²) in [6.07, 6.45) is 2.79. The minimum Gasteiger partial charge on any atom is -0.322 e. The number of nitrogens with one attached hydrogen (secondary N) is 1. The smallest absolute Gasteiger partial charge is 0.256 e. The molecule has 172 valence electrons. The van der Waals surface area contributed by atoms with Crippen LogP contribution in [0.3, 0.4) is 0 Å². The molecule has 4 aromatic rings. The van der Waals surface area contributed by atoms with E-state index in [0.717, 1.165) is 35.7 Å². The zero-order valence-corrected chi connectivity index (χ0v) is 19.5. The van der Waals surface area contributed by atoms with Gasteiger partial charge in [-0.3, -0.25) is 4.79 Å². The van der Waals surface area contributed by atoms with Crippen LogP contribution in [0.15, 0.2) is 89.8 Å². The molecule has 1 aliphatic rings. The molecule has 3 aromatic carbocycles. The second-order valence-electron chi connectivity index (χ2n) is 8.38. The summed E-state index contributed by atoms with van der Waals surface area (Å²) >= 11 is 0. The molecule has 0 spiro atoms. The van der Waals surface area contributed by atoms with Gasteiger partial charge in [0.05, 0.1) is 21.7 Å². The van der Waals surface area contributed by atoms with E-state index in [1.807, 2.05) is 54.6 Å². The zero-order chi connectivity index (χ0) is 23.5. The molecule has 0 unspecified atom stereocenters. The van der Waals surface area contributed by atoms with Crippen LogP contribution in [-0.4, -0.2) is 36.7 Å². The molecular formula is C27H25N3O3S. The van der Waals surface area contributed by atoms with Gasteiger partial charge in [-0.25, -0.2) is 13.4 Å². The van der Waals surface area contributed by atoms with Gasteiger partial charge in [0.25, 0.3) is 5.91 Å². The lowest BCUT2D eigenvalue weighted by molar-refractivity contribution is 0.102. The number of benzene rings is 3. The first-order valence-electron chi connectivity index (χ1n) is 11.4. The number of fused-ring (bicyclic) bond motifs is 1. The fraction of sp³-hybridized carbons (Fsp3) is 0.185. The van der Waals surface area contributed by atoms with Gasteiger partial charge < -0.3 is 5.32 Å². The largest absolute Gasteiger partial charge is 0.322 e. The van der Waals surface area contributed by atoms with Gasteiger partial charge in [-0.2, -0.15) is 4.31 Å². The first-order chi connectivity index (χ1) is 16.5. The Balaban J connectivity index is 1.48. The number of pyridine rings is 1. The maximum absolute atomic E-state index is 13.4. The minimum absolute atomic E-state index is 0.191. The highest BCUT2D eigenvalue weighted by atomic mass is 32.2. The van der Waals surface area contributed by atoms with Crippen molar-refractivity contribution in [2.45, 2.75) is 24.2 Å². The van der Waals surface area contributed by atoms with Crippen molar-refractivity contribution in [1.82, 2.24) is 9.29 Å². The number of anilines is 1. The third-order valence-electron chi connectivity index (χ3n) is 6.08. The van der Waals surface area contributed by atoms with Crippen molar-refractivity contribution in [3.05, 3.63) is 90.5 Å². The molecule has 0 aliphatic carbocycles. The highest BCUT2D eigenvalue weighted by Gasteiger charge is 2.26. The molecule has 5 rings (SSSR count). The fourth-order valence-electron chi connectivity index (χ4n) is 4.31. The molecule has 1 aliphatic heterocycles. The van der Waals surface area contributed by atoms with Gasteiger partial charge in [0.2, 0.25) is 10.0 Å². The van der Waals surface area contributed by atoms with Crippen molar-refractivity contribution >= 4 is 32.5 Å². The van der Waals surface area contributed by atoms with E-state index in [0.29, 0.717) is 30.0 Å². The fourth-order valence-corrected chi connectivity index (χ4v) is 5.87. The Hall–Kier alpha value is -3.55. The van der Waals surface area contributed by atoms with Gasteiger partial charge >= 0.3 is 0 Å². The molecule has 34 heavy (non-hydrogen) atoms. The normalized spacial score (nSPS) is 14.7. The van der Waals surface area contributed by atoms with Crippen LogP contribution in [0.5, 0.6) is 0 Å². The van der Waals surface area contributed by atoms with Crippen molar-refractivity contribution in [1.29, 1.82) is 0 Å². The Kier molecular flexibility index (Phi) is 6.13. The number of hydrogen-bond acceptors (Lipinski definition) is 4. The van der Waals surface area contributed by atoms with Crippen LogP contribution in [-0.2, 0) is 10.0 Å². The molecule has 2 heterocycles. The molecule has 0 saturated carbocycles. The van der Waals surface area contributed by atoms with E-state index in [9.17, 15) is 13.2 Å². The van der Waals surface area contributed by atoms with Gasteiger partial charge in [-0.1, -0.05) is 61.0 Å². The highest BCUT2D eigenvalue weighted by Crippen LogP contribution is 2.27. The van der Waals surface area contributed by atoms with Crippen LogP contribution >= 0.6 is 0 Å². The van der Waals surface area contributed by atoms with Crippen LogP contribution in [0.25, 0.3) is 22.2 Å². The van der Waals surface area contributed by atoms with Crippen LogP contribution in [0.2, 0.25) is 0 Å². The second kappa shape index (κ2) is 9.37. The van der Waals surface area contributed by atoms with Gasteiger partial charge in [0.1, 0.15) is 0 Å². The number of sulfonamides is 1. The number of nitrogens with zero attached hydrogens (tertiary/aromatic N) is 2. The molecule has 7 heteroatoms. The number of carbonyl (C=O) groups excluding carboxylic acids is 1. The van der Waals surface area contributed by atoms with Crippen LogP contribution in [0, 0.1) is 0 Å². The number of carbonyl (C=O) groups is 1. The van der Waals surface area contributed by atoms with Crippen molar-refractivity contribution < 1.29 is 13.2 Å². The maximum atomic E-state index is 13.4. The Morgan fingerprint density at radius 1 is 0.824 bits per heavy atom. The lowest BCUT2D eigenvalue weighted by atomic mass is 10.0. The van der Waals surface area contributed by atoms with E-state index in [2.05, 4.69) is 5.32 Å². The zero-order valence-electron chi connectivity index (χ0n) is 18.6. The molecule has 1 fully saturated rings. The summed E-state index contributed by atoms with van der Waals surface area (Å²) in [5, 5.41) is 3.63. The monoisotopic (exact) mass is 471 g/mol. The third-order valence-corrected chi connectivity index (χ3v) is 7.97. The van der Waals surface area contributed by atoms with Crippen molar-refractivity contribution in [2.75, 3.05) is 18.4 Å². The maximum Gasteiger partial charge on any atom is 0.256 e. The van der Waals surface area contributed by atoms with Gasteiger partial charge in [0.15, 0.2) is 0 Å². The topological polar surface area (TPSA) is 79.4 Å². The van der Waals surface area contributed by atoms with Crippen LogP contribution in [0.1, 0.15) is 29.6 Å². The summed E-state index contributed by atoms with van der Waals surface area (Å²) in [6.45, 7) is 1.06. The number of piperidine rings is 1. The SMILES string of the molecule is O=C(Nc1cccc(S(=O)(=O)N2CCCCC2)c1)c1cc(-c2ccccc2)nc2ccccc12. The quantitative estimate of drug-likeness (QED) is 0.427. The number of hydrogen-bond donors (Lipinski definition) is 1. The van der Waals surface area contributed by atoms with Crippen LogP contribution in [0.4, 0.5) is 5.69 Å². The van der Waals surface area contributed by atoms with Gasteiger partial charge in [-0.15, -0.1) is 0 Å². The highest BCUT2D eigenvalue weighted by molar-refractivity contribution is 7.89. The van der Waals surface area contributed by atoms with Crippen molar-refractivity contribution in [3.8, 4) is 11.3 Å². The summed E-state index contributed by atoms with van der Waals surface area (Å²) in [7, 11) is -3.59. The summed E-state index contributed by atoms with van der Waals surface area (Å²) in [5.74, 6) is -0.316. The summed E-state index contributed by atoms with van der Waals surface area (Å²) in [4.78, 5) is 18.3. The number of amides is 1. The third kappa shape index (κ3) is 4.44. The van der Waals surface area contributed by atoms with Crippen molar-refractivity contribution in [3.63, 3.8) is 0 Å². The van der Waals surface area contributed by atoms with E-state index >= 15 is 0 Å². The standard InChI is InChI=1S/C27H25N3O3S/c31-27(28-21-12-9-13-22(18-21)34(32,33)30-16-7-2-8-17-30)24-19-26(20-10-3-1-4-11-20)29-25-15-6-5-14-23(24)25/h1,3-6,9-15,18-19H,2,7-8,16-17H2,(H,28,31). The van der Waals surface area contributed by atoms with E-state index < -0.39 is 10.0 Å². The molecule has 1 N–H and O–H groups in total. The molecule has 1 aromatic heterocycles. The average molecular weight is 472 g/mol. The molecular weight excluding hydrogens is 446 g/mol. The molecule has 0 radical (unpaired) electrons. The number of rotatable bonds is 5. The first-order valence-corrected chi connectivity index (χ1v) is 12.8. The Bertz CT molecular complexity index is 1450. The molecule has 0 atom stereocenters.